The second-order valence-electron chi connectivity index (χ2n) is 7.16. The summed E-state index contributed by atoms with van der Waals surface area (Å²) in [7, 11) is 6.26. The summed E-state index contributed by atoms with van der Waals surface area (Å²) in [5, 5.41) is 3.08. The average Bonchev–Trinajstić information content (AvgIpc) is 3.33. The molecule has 1 unspecified atom stereocenters. The van der Waals surface area contributed by atoms with Crippen molar-refractivity contribution >= 4 is 18.3 Å². The molecule has 2 aromatic rings. The highest BCUT2D eigenvalue weighted by Gasteiger charge is 2.25. The van der Waals surface area contributed by atoms with Gasteiger partial charge in [-0.15, -0.1) is 12.4 Å². The number of hydrogen-bond acceptors (Lipinski definition) is 6. The minimum absolute atomic E-state index is 0. The predicted molar refractivity (Wildman–Crippen MR) is 122 cm³/mol. The van der Waals surface area contributed by atoms with Gasteiger partial charge in [0.05, 0.1) is 34.5 Å². The average molecular weight is 451 g/mol. The van der Waals surface area contributed by atoms with Crippen LogP contribution in [0.5, 0.6) is 23.0 Å². The van der Waals surface area contributed by atoms with Gasteiger partial charge in [-0.3, -0.25) is 9.69 Å². The van der Waals surface area contributed by atoms with Gasteiger partial charge >= 0.3 is 0 Å². The molecule has 8 heteroatoms. The Morgan fingerprint density at radius 1 is 0.935 bits per heavy atom. The monoisotopic (exact) mass is 450 g/mol. The van der Waals surface area contributed by atoms with Crippen LogP contribution in [0.3, 0.4) is 0 Å². The van der Waals surface area contributed by atoms with Gasteiger partial charge in [0.1, 0.15) is 5.75 Å². The maximum Gasteiger partial charge on any atom is 0.251 e. The van der Waals surface area contributed by atoms with E-state index in [1.54, 1.807) is 19.2 Å². The molecule has 1 heterocycles. The van der Waals surface area contributed by atoms with E-state index in [0.29, 0.717) is 29.4 Å². The number of halogens is 1. The van der Waals surface area contributed by atoms with Gasteiger partial charge in [-0.1, -0.05) is 12.1 Å². The summed E-state index contributed by atoms with van der Waals surface area (Å²) in [6.45, 7) is 2.55. The number of carbonyl (C=O) groups is 1. The Bertz CT molecular complexity index is 829. The lowest BCUT2D eigenvalue weighted by atomic mass is 10.0. The van der Waals surface area contributed by atoms with E-state index in [-0.39, 0.29) is 24.4 Å². The normalized spacial score (nSPS) is 14.3. The van der Waals surface area contributed by atoms with Gasteiger partial charge in [-0.25, -0.2) is 0 Å². The van der Waals surface area contributed by atoms with Gasteiger partial charge in [0, 0.05) is 12.1 Å². The van der Waals surface area contributed by atoms with Crippen molar-refractivity contribution in [2.75, 3.05) is 48.1 Å². The largest absolute Gasteiger partial charge is 0.497 e. The van der Waals surface area contributed by atoms with E-state index in [1.807, 2.05) is 12.1 Å². The van der Waals surface area contributed by atoms with E-state index in [2.05, 4.69) is 22.3 Å². The summed E-state index contributed by atoms with van der Waals surface area (Å²) < 4.78 is 21.3. The van der Waals surface area contributed by atoms with Crippen LogP contribution in [0.25, 0.3) is 0 Å². The number of ether oxygens (including phenoxy) is 4. The molecule has 1 atom stereocenters. The number of rotatable bonds is 9. The SMILES string of the molecule is COc1ccc(C(CNC(=O)c2cc(OC)c(OC)c(OC)c2)N2CCCC2)cc1.Cl. The Hall–Kier alpha value is -2.64. The molecule has 0 aromatic heterocycles. The van der Waals surface area contributed by atoms with Crippen LogP contribution in [0.4, 0.5) is 0 Å². The molecule has 1 amide bonds. The number of hydrogen-bond donors (Lipinski definition) is 1. The highest BCUT2D eigenvalue weighted by atomic mass is 35.5. The van der Waals surface area contributed by atoms with Crippen LogP contribution in [0.1, 0.15) is 34.8 Å². The van der Waals surface area contributed by atoms with Gasteiger partial charge in [0.25, 0.3) is 5.91 Å². The number of nitrogens with zero attached hydrogens (tertiary/aromatic N) is 1. The molecular weight excluding hydrogens is 420 g/mol. The zero-order valence-electron chi connectivity index (χ0n) is 18.5. The standard InChI is InChI=1S/C23H30N2O5.ClH/c1-27-18-9-7-16(8-10-18)19(25-11-5-6-12-25)15-24-23(26)17-13-20(28-2)22(30-4)21(14-17)29-3;/h7-10,13-14,19H,5-6,11-12,15H2,1-4H3,(H,24,26);1H. The lowest BCUT2D eigenvalue weighted by molar-refractivity contribution is 0.0937. The highest BCUT2D eigenvalue weighted by molar-refractivity contribution is 5.95. The Balaban J connectivity index is 0.00000341. The van der Waals surface area contributed by atoms with Crippen molar-refractivity contribution in [2.45, 2.75) is 18.9 Å². The van der Waals surface area contributed by atoms with E-state index < -0.39 is 0 Å². The Morgan fingerprint density at radius 2 is 1.52 bits per heavy atom. The number of likely N-dealkylation sites (tertiary alicyclic amines) is 1. The number of amides is 1. The third-order valence-corrected chi connectivity index (χ3v) is 5.46. The van der Waals surface area contributed by atoms with E-state index in [1.165, 1.54) is 34.2 Å². The maximum atomic E-state index is 12.9. The molecule has 0 saturated carbocycles. The van der Waals surface area contributed by atoms with Gasteiger partial charge in [-0.05, 0) is 55.8 Å². The molecule has 1 saturated heterocycles. The smallest absolute Gasteiger partial charge is 0.251 e. The first-order chi connectivity index (χ1) is 14.6. The first-order valence-corrected chi connectivity index (χ1v) is 10.1. The van der Waals surface area contributed by atoms with E-state index >= 15 is 0 Å². The minimum atomic E-state index is -0.188. The summed E-state index contributed by atoms with van der Waals surface area (Å²) in [6.07, 6.45) is 2.35. The predicted octanol–water partition coefficient (Wildman–Crippen LogP) is 3.71. The Morgan fingerprint density at radius 3 is 2.00 bits per heavy atom. The molecule has 0 spiro atoms. The van der Waals surface area contributed by atoms with Crippen molar-refractivity contribution in [1.82, 2.24) is 10.2 Å². The molecule has 1 aliphatic heterocycles. The van der Waals surface area contributed by atoms with Gasteiger partial charge < -0.3 is 24.3 Å². The molecule has 2 aromatic carbocycles. The summed E-state index contributed by atoms with van der Waals surface area (Å²) in [5.41, 5.74) is 1.61. The highest BCUT2D eigenvalue weighted by Crippen LogP contribution is 2.38. The topological polar surface area (TPSA) is 69.3 Å². The number of carbonyl (C=O) groups excluding carboxylic acids is 1. The van der Waals surface area contributed by atoms with Crippen LogP contribution in [-0.4, -0.2) is 58.9 Å². The van der Waals surface area contributed by atoms with Crippen molar-refractivity contribution in [3.63, 3.8) is 0 Å². The first kappa shape index (κ1) is 24.6. The first-order valence-electron chi connectivity index (χ1n) is 10.1. The summed E-state index contributed by atoms with van der Waals surface area (Å²) in [4.78, 5) is 15.3. The van der Waals surface area contributed by atoms with Crippen molar-refractivity contribution in [1.29, 1.82) is 0 Å². The number of methoxy groups -OCH3 is 4. The van der Waals surface area contributed by atoms with E-state index in [9.17, 15) is 4.79 Å². The van der Waals surface area contributed by atoms with Crippen LogP contribution < -0.4 is 24.3 Å². The lowest BCUT2D eigenvalue weighted by Crippen LogP contribution is -2.36. The summed E-state index contributed by atoms with van der Waals surface area (Å²) in [5.74, 6) is 2.00. The van der Waals surface area contributed by atoms with Crippen molar-refractivity contribution in [3.8, 4) is 23.0 Å². The van der Waals surface area contributed by atoms with Crippen LogP contribution >= 0.6 is 12.4 Å². The van der Waals surface area contributed by atoms with Crippen molar-refractivity contribution in [2.24, 2.45) is 0 Å². The van der Waals surface area contributed by atoms with Crippen LogP contribution in [0, 0.1) is 0 Å². The molecule has 0 bridgehead atoms. The van der Waals surface area contributed by atoms with Crippen LogP contribution in [0.15, 0.2) is 36.4 Å². The molecule has 1 aliphatic rings. The zero-order chi connectivity index (χ0) is 21.5. The van der Waals surface area contributed by atoms with Crippen molar-refractivity contribution in [3.05, 3.63) is 47.5 Å². The molecule has 31 heavy (non-hydrogen) atoms. The molecule has 170 valence electrons. The molecule has 1 N–H and O–H groups in total. The van der Waals surface area contributed by atoms with Crippen LogP contribution in [-0.2, 0) is 0 Å². The fourth-order valence-corrected chi connectivity index (χ4v) is 3.84. The minimum Gasteiger partial charge on any atom is -0.497 e. The van der Waals surface area contributed by atoms with Gasteiger partial charge in [0.15, 0.2) is 11.5 Å². The zero-order valence-corrected chi connectivity index (χ0v) is 19.3. The Kier molecular flexibility index (Phi) is 9.27. The molecule has 7 nitrogen and oxygen atoms in total. The molecule has 0 radical (unpaired) electrons. The van der Waals surface area contributed by atoms with E-state index in [4.69, 9.17) is 18.9 Å². The van der Waals surface area contributed by atoms with Gasteiger partial charge in [0.2, 0.25) is 5.75 Å². The van der Waals surface area contributed by atoms with Gasteiger partial charge in [-0.2, -0.15) is 0 Å². The van der Waals surface area contributed by atoms with Crippen LogP contribution in [0.2, 0.25) is 0 Å². The second kappa shape index (κ2) is 11.7. The maximum absolute atomic E-state index is 12.9. The fourth-order valence-electron chi connectivity index (χ4n) is 3.84. The molecular formula is C23H31ClN2O5. The molecule has 3 rings (SSSR count). The fraction of sp³-hybridized carbons (Fsp3) is 0.435. The van der Waals surface area contributed by atoms with Crippen molar-refractivity contribution < 1.29 is 23.7 Å². The quantitative estimate of drug-likeness (QED) is 0.628. The molecule has 1 fully saturated rings. The number of benzene rings is 2. The summed E-state index contributed by atoms with van der Waals surface area (Å²) >= 11 is 0. The summed E-state index contributed by atoms with van der Waals surface area (Å²) in [6, 6.07) is 11.5. The Labute approximate surface area is 190 Å². The van der Waals surface area contributed by atoms with E-state index in [0.717, 1.165) is 24.4 Å². The third-order valence-electron chi connectivity index (χ3n) is 5.46. The lowest BCUT2D eigenvalue weighted by Gasteiger charge is -2.28. The number of nitrogens with one attached hydrogen (secondary N) is 1. The molecule has 0 aliphatic carbocycles. The second-order valence-corrected chi connectivity index (χ2v) is 7.16. The third kappa shape index (κ3) is 5.74.